The summed E-state index contributed by atoms with van der Waals surface area (Å²) in [6, 6.07) is 12.7. The van der Waals surface area contributed by atoms with E-state index < -0.39 is 0 Å². The minimum atomic E-state index is 0.240. The van der Waals surface area contributed by atoms with Gasteiger partial charge in [-0.1, -0.05) is 47.5 Å². The smallest absolute Gasteiger partial charge is 0.0453 e. The lowest BCUT2D eigenvalue weighted by Gasteiger charge is -2.18. The summed E-state index contributed by atoms with van der Waals surface area (Å²) in [4.78, 5) is 0. The van der Waals surface area contributed by atoms with E-state index in [1.54, 1.807) is 0 Å². The second-order valence-electron chi connectivity index (χ2n) is 5.50. The lowest BCUT2D eigenvalue weighted by molar-refractivity contribution is 0.572. The Hall–Kier alpha value is -1.31. The molecule has 0 aromatic heterocycles. The van der Waals surface area contributed by atoms with Gasteiger partial charge >= 0.3 is 0 Å². The van der Waals surface area contributed by atoms with Crippen LogP contribution in [0.1, 0.15) is 40.8 Å². The van der Waals surface area contributed by atoms with Crippen molar-refractivity contribution in [2.24, 2.45) is 0 Å². The predicted octanol–water partition coefficient (Wildman–Crippen LogP) is 5.12. The maximum Gasteiger partial charge on any atom is 0.0453 e. The SMILES string of the molecule is Cc1cc(C)c(CN[C@H](C)c2ccccc2Cl)c(C)c1. The highest BCUT2D eigenvalue weighted by atomic mass is 35.5. The number of rotatable bonds is 4. The molecule has 0 aliphatic carbocycles. The van der Waals surface area contributed by atoms with Crippen LogP contribution >= 0.6 is 11.6 Å². The molecule has 2 rings (SSSR count). The molecule has 0 radical (unpaired) electrons. The Morgan fingerprint density at radius 1 is 1.05 bits per heavy atom. The minimum Gasteiger partial charge on any atom is -0.306 e. The first-order chi connectivity index (χ1) is 9.49. The molecule has 2 heteroatoms. The van der Waals surface area contributed by atoms with Crippen LogP contribution < -0.4 is 5.32 Å². The third-order valence-corrected chi connectivity index (χ3v) is 4.14. The molecule has 106 valence electrons. The average Bonchev–Trinajstić information content (AvgIpc) is 2.37. The first-order valence-corrected chi connectivity index (χ1v) is 7.41. The standard InChI is InChI=1S/C18H22ClN/c1-12-9-13(2)17(14(3)10-12)11-20-15(4)16-7-5-6-8-18(16)19/h5-10,15,20H,11H2,1-4H3/t15-/m1/s1. The Labute approximate surface area is 127 Å². The lowest BCUT2D eigenvalue weighted by atomic mass is 9.99. The normalized spacial score (nSPS) is 12.4. The van der Waals surface area contributed by atoms with Crippen LogP contribution in [0.5, 0.6) is 0 Å². The maximum absolute atomic E-state index is 6.24. The largest absolute Gasteiger partial charge is 0.306 e. The highest BCUT2D eigenvalue weighted by Crippen LogP contribution is 2.23. The van der Waals surface area contributed by atoms with Crippen molar-refractivity contribution >= 4 is 11.6 Å². The molecule has 0 saturated heterocycles. The van der Waals surface area contributed by atoms with Crippen LogP contribution in [0.2, 0.25) is 5.02 Å². The Kier molecular flexibility index (Phi) is 4.85. The van der Waals surface area contributed by atoms with Gasteiger partial charge in [0, 0.05) is 17.6 Å². The fourth-order valence-electron chi connectivity index (χ4n) is 2.68. The van der Waals surface area contributed by atoms with Crippen LogP contribution in [0.4, 0.5) is 0 Å². The zero-order valence-corrected chi connectivity index (χ0v) is 13.4. The van der Waals surface area contributed by atoms with Crippen molar-refractivity contribution in [1.29, 1.82) is 0 Å². The van der Waals surface area contributed by atoms with Gasteiger partial charge in [-0.3, -0.25) is 0 Å². The second-order valence-corrected chi connectivity index (χ2v) is 5.91. The molecule has 0 unspecified atom stereocenters. The molecule has 0 amide bonds. The van der Waals surface area contributed by atoms with Gasteiger partial charge in [0.1, 0.15) is 0 Å². The summed E-state index contributed by atoms with van der Waals surface area (Å²) in [5.74, 6) is 0. The first kappa shape index (κ1) is 15.1. The first-order valence-electron chi connectivity index (χ1n) is 7.03. The van der Waals surface area contributed by atoms with E-state index >= 15 is 0 Å². The van der Waals surface area contributed by atoms with Gasteiger partial charge in [0.15, 0.2) is 0 Å². The van der Waals surface area contributed by atoms with E-state index in [0.29, 0.717) is 0 Å². The van der Waals surface area contributed by atoms with Crippen molar-refractivity contribution in [2.75, 3.05) is 0 Å². The zero-order valence-electron chi connectivity index (χ0n) is 12.6. The van der Waals surface area contributed by atoms with Crippen molar-refractivity contribution < 1.29 is 0 Å². The fraction of sp³-hybridized carbons (Fsp3) is 0.333. The van der Waals surface area contributed by atoms with Gasteiger partial charge in [-0.2, -0.15) is 0 Å². The van der Waals surface area contributed by atoms with Crippen LogP contribution in [0.3, 0.4) is 0 Å². The summed E-state index contributed by atoms with van der Waals surface area (Å²) in [6.45, 7) is 9.52. The van der Waals surface area contributed by atoms with Crippen LogP contribution in [0, 0.1) is 20.8 Å². The lowest BCUT2D eigenvalue weighted by Crippen LogP contribution is -2.19. The van der Waals surface area contributed by atoms with E-state index in [-0.39, 0.29) is 6.04 Å². The van der Waals surface area contributed by atoms with Crippen molar-refractivity contribution in [3.63, 3.8) is 0 Å². The number of aryl methyl sites for hydroxylation is 3. The number of benzene rings is 2. The minimum absolute atomic E-state index is 0.240. The monoisotopic (exact) mass is 287 g/mol. The van der Waals surface area contributed by atoms with Crippen LogP contribution in [0.15, 0.2) is 36.4 Å². The average molecular weight is 288 g/mol. The molecule has 0 heterocycles. The highest BCUT2D eigenvalue weighted by molar-refractivity contribution is 6.31. The van der Waals surface area contributed by atoms with Crippen LogP contribution in [0.25, 0.3) is 0 Å². The molecule has 0 aliphatic heterocycles. The fourth-order valence-corrected chi connectivity index (χ4v) is 2.98. The van der Waals surface area contributed by atoms with Crippen molar-refractivity contribution in [1.82, 2.24) is 5.32 Å². The Morgan fingerprint density at radius 3 is 2.25 bits per heavy atom. The van der Waals surface area contributed by atoms with Gasteiger partial charge < -0.3 is 5.32 Å². The summed E-state index contributed by atoms with van der Waals surface area (Å²) < 4.78 is 0. The summed E-state index contributed by atoms with van der Waals surface area (Å²) in [6.07, 6.45) is 0. The van der Waals surface area contributed by atoms with Crippen LogP contribution in [-0.2, 0) is 6.54 Å². The molecule has 2 aromatic rings. The molecule has 0 aliphatic rings. The Morgan fingerprint density at radius 2 is 1.65 bits per heavy atom. The van der Waals surface area contributed by atoms with Crippen molar-refractivity contribution in [3.8, 4) is 0 Å². The summed E-state index contributed by atoms with van der Waals surface area (Å²) >= 11 is 6.24. The predicted molar refractivity (Wildman–Crippen MR) is 87.4 cm³/mol. The van der Waals surface area contributed by atoms with E-state index in [0.717, 1.165) is 17.1 Å². The number of halogens is 1. The molecule has 1 N–H and O–H groups in total. The third-order valence-electron chi connectivity index (χ3n) is 3.80. The van der Waals surface area contributed by atoms with Crippen molar-refractivity contribution in [3.05, 3.63) is 69.2 Å². The summed E-state index contributed by atoms with van der Waals surface area (Å²) in [5.41, 5.74) is 6.55. The topological polar surface area (TPSA) is 12.0 Å². The molecule has 1 atom stereocenters. The number of nitrogens with one attached hydrogen (secondary N) is 1. The van der Waals surface area contributed by atoms with E-state index in [1.165, 1.54) is 22.3 Å². The molecule has 1 nitrogen and oxygen atoms in total. The molecule has 0 spiro atoms. The van der Waals surface area contributed by atoms with Gasteiger partial charge in [-0.15, -0.1) is 0 Å². The number of hydrogen-bond acceptors (Lipinski definition) is 1. The van der Waals surface area contributed by atoms with Gasteiger partial charge in [-0.05, 0) is 56.0 Å². The van der Waals surface area contributed by atoms with Gasteiger partial charge in [-0.25, -0.2) is 0 Å². The Bertz CT molecular complexity index is 581. The summed E-state index contributed by atoms with van der Waals surface area (Å²) in [7, 11) is 0. The maximum atomic E-state index is 6.24. The third kappa shape index (κ3) is 3.41. The summed E-state index contributed by atoms with van der Waals surface area (Å²) in [5, 5.41) is 4.40. The Balaban J connectivity index is 2.12. The van der Waals surface area contributed by atoms with E-state index in [1.807, 2.05) is 18.2 Å². The van der Waals surface area contributed by atoms with Gasteiger partial charge in [0.05, 0.1) is 0 Å². The molecule has 2 aromatic carbocycles. The number of hydrogen-bond donors (Lipinski definition) is 1. The van der Waals surface area contributed by atoms with E-state index in [9.17, 15) is 0 Å². The molecule has 0 bridgehead atoms. The second kappa shape index (κ2) is 6.43. The van der Waals surface area contributed by atoms with Crippen molar-refractivity contribution in [2.45, 2.75) is 40.3 Å². The molecular formula is C18H22ClN. The van der Waals surface area contributed by atoms with E-state index in [4.69, 9.17) is 11.6 Å². The molecule has 0 saturated carbocycles. The highest BCUT2D eigenvalue weighted by Gasteiger charge is 2.10. The molecular weight excluding hydrogens is 266 g/mol. The van der Waals surface area contributed by atoms with Gasteiger partial charge in [0.2, 0.25) is 0 Å². The van der Waals surface area contributed by atoms with E-state index in [2.05, 4.69) is 51.2 Å². The molecule has 0 fully saturated rings. The molecule has 20 heavy (non-hydrogen) atoms. The van der Waals surface area contributed by atoms with Gasteiger partial charge in [0.25, 0.3) is 0 Å². The van der Waals surface area contributed by atoms with Crippen LogP contribution in [-0.4, -0.2) is 0 Å². The zero-order chi connectivity index (χ0) is 14.7. The quantitative estimate of drug-likeness (QED) is 0.823.